The normalized spacial score (nSPS) is 11.6. The highest BCUT2D eigenvalue weighted by Gasteiger charge is 2.02. The predicted octanol–water partition coefficient (Wildman–Crippen LogP) is 3.12. The topological polar surface area (TPSA) is 29.4 Å². The number of allylic oxidation sites excluding steroid dienone is 1. The first-order valence-electron chi connectivity index (χ1n) is 4.48. The first-order chi connectivity index (χ1) is 6.65. The molecule has 0 heterocycles. The molecule has 1 aromatic rings. The van der Waals surface area contributed by atoms with Crippen LogP contribution in [0, 0.1) is 0 Å². The lowest BCUT2D eigenvalue weighted by Gasteiger charge is -2.05. The van der Waals surface area contributed by atoms with E-state index in [9.17, 15) is 4.79 Å². The minimum absolute atomic E-state index is 0.119. The van der Waals surface area contributed by atoms with Crippen LogP contribution in [0.25, 0.3) is 5.57 Å². The summed E-state index contributed by atoms with van der Waals surface area (Å²) in [6.07, 6.45) is 1.56. The molecular formula is C12H13NO. The Bertz CT molecular complexity index is 372. The summed E-state index contributed by atoms with van der Waals surface area (Å²) < 4.78 is 0. The van der Waals surface area contributed by atoms with Crippen molar-refractivity contribution >= 4 is 11.7 Å². The SMILES string of the molecule is C=C(C)c1ccc(C(C)N=C=O)cc1. The lowest BCUT2D eigenvalue weighted by molar-refractivity contribution is 0.559. The number of nitrogens with zero attached hydrogens (tertiary/aromatic N) is 1. The summed E-state index contributed by atoms with van der Waals surface area (Å²) >= 11 is 0. The molecule has 0 radical (unpaired) electrons. The van der Waals surface area contributed by atoms with Crippen LogP contribution in [0.15, 0.2) is 35.8 Å². The highest BCUT2D eigenvalue weighted by Crippen LogP contribution is 2.19. The molecule has 0 aliphatic rings. The molecule has 1 atom stereocenters. The Morgan fingerprint density at radius 1 is 1.43 bits per heavy atom. The van der Waals surface area contributed by atoms with E-state index in [1.165, 1.54) is 0 Å². The molecule has 0 aromatic heterocycles. The summed E-state index contributed by atoms with van der Waals surface area (Å²) in [7, 11) is 0. The lowest BCUT2D eigenvalue weighted by atomic mass is 10.0. The maximum absolute atomic E-state index is 10.1. The van der Waals surface area contributed by atoms with Gasteiger partial charge in [0.1, 0.15) is 0 Å². The Labute approximate surface area is 84.0 Å². The van der Waals surface area contributed by atoms with E-state index in [0.29, 0.717) is 0 Å². The van der Waals surface area contributed by atoms with Gasteiger partial charge in [-0.3, -0.25) is 0 Å². The molecule has 0 N–H and O–H groups in total. The van der Waals surface area contributed by atoms with Gasteiger partial charge in [0.05, 0.1) is 6.04 Å². The number of hydrogen-bond acceptors (Lipinski definition) is 2. The van der Waals surface area contributed by atoms with Crippen molar-refractivity contribution in [3.05, 3.63) is 42.0 Å². The van der Waals surface area contributed by atoms with Crippen LogP contribution in [0.3, 0.4) is 0 Å². The lowest BCUT2D eigenvalue weighted by Crippen LogP contribution is -1.89. The fourth-order valence-corrected chi connectivity index (χ4v) is 1.20. The van der Waals surface area contributed by atoms with E-state index in [0.717, 1.165) is 16.7 Å². The van der Waals surface area contributed by atoms with Gasteiger partial charge in [0.25, 0.3) is 0 Å². The Hall–Kier alpha value is -1.66. The second-order valence-corrected chi connectivity index (χ2v) is 3.30. The number of hydrogen-bond donors (Lipinski definition) is 0. The van der Waals surface area contributed by atoms with E-state index in [-0.39, 0.29) is 6.04 Å². The fraction of sp³-hybridized carbons (Fsp3) is 0.250. The molecule has 1 rings (SSSR count). The van der Waals surface area contributed by atoms with Crippen molar-refractivity contribution in [2.75, 3.05) is 0 Å². The third kappa shape index (κ3) is 2.41. The van der Waals surface area contributed by atoms with Crippen LogP contribution in [0.4, 0.5) is 0 Å². The summed E-state index contributed by atoms with van der Waals surface area (Å²) in [6.45, 7) is 7.67. The Morgan fingerprint density at radius 3 is 2.43 bits per heavy atom. The Morgan fingerprint density at radius 2 is 2.00 bits per heavy atom. The summed E-state index contributed by atoms with van der Waals surface area (Å²) in [5, 5.41) is 0. The highest BCUT2D eigenvalue weighted by atomic mass is 16.1. The smallest absolute Gasteiger partial charge is 0.211 e. The van der Waals surface area contributed by atoms with Crippen molar-refractivity contribution in [2.45, 2.75) is 19.9 Å². The Kier molecular flexibility index (Phi) is 3.38. The van der Waals surface area contributed by atoms with Gasteiger partial charge in [-0.1, -0.05) is 36.4 Å². The number of rotatable bonds is 3. The zero-order valence-corrected chi connectivity index (χ0v) is 8.45. The summed E-state index contributed by atoms with van der Waals surface area (Å²) in [4.78, 5) is 13.7. The van der Waals surface area contributed by atoms with Crippen LogP contribution in [0.5, 0.6) is 0 Å². The standard InChI is InChI=1S/C12H13NO/c1-9(2)11-4-6-12(7-5-11)10(3)13-8-14/h4-7,10H,1H2,2-3H3. The van der Waals surface area contributed by atoms with Crippen LogP contribution >= 0.6 is 0 Å². The van der Waals surface area contributed by atoms with E-state index in [4.69, 9.17) is 0 Å². The third-order valence-electron chi connectivity index (χ3n) is 2.13. The van der Waals surface area contributed by atoms with Gasteiger partial charge < -0.3 is 0 Å². The molecule has 14 heavy (non-hydrogen) atoms. The molecule has 1 aromatic carbocycles. The van der Waals surface area contributed by atoms with E-state index in [1.54, 1.807) is 6.08 Å². The van der Waals surface area contributed by atoms with Gasteiger partial charge in [-0.25, -0.2) is 4.79 Å². The maximum Gasteiger partial charge on any atom is 0.235 e. The van der Waals surface area contributed by atoms with Gasteiger partial charge in [-0.15, -0.1) is 0 Å². The molecular weight excluding hydrogens is 174 g/mol. The first-order valence-corrected chi connectivity index (χ1v) is 4.48. The molecule has 0 fully saturated rings. The maximum atomic E-state index is 10.1. The van der Waals surface area contributed by atoms with Gasteiger partial charge in [-0.2, -0.15) is 4.99 Å². The molecule has 0 amide bonds. The van der Waals surface area contributed by atoms with Crippen molar-refractivity contribution in [1.82, 2.24) is 0 Å². The van der Waals surface area contributed by atoms with Crippen molar-refractivity contribution in [1.29, 1.82) is 0 Å². The van der Waals surface area contributed by atoms with Crippen LogP contribution in [-0.4, -0.2) is 6.08 Å². The predicted molar refractivity (Wildman–Crippen MR) is 57.7 cm³/mol. The molecule has 2 nitrogen and oxygen atoms in total. The number of isocyanates is 1. The average molecular weight is 187 g/mol. The van der Waals surface area contributed by atoms with Gasteiger partial charge in [-0.05, 0) is 25.0 Å². The molecule has 0 saturated heterocycles. The van der Waals surface area contributed by atoms with E-state index < -0.39 is 0 Å². The van der Waals surface area contributed by atoms with E-state index >= 15 is 0 Å². The van der Waals surface area contributed by atoms with Crippen LogP contribution in [0.2, 0.25) is 0 Å². The molecule has 0 saturated carbocycles. The third-order valence-corrected chi connectivity index (χ3v) is 2.13. The molecule has 0 spiro atoms. The summed E-state index contributed by atoms with van der Waals surface area (Å²) in [6, 6.07) is 7.75. The van der Waals surface area contributed by atoms with Crippen LogP contribution in [0.1, 0.15) is 31.0 Å². The van der Waals surface area contributed by atoms with Crippen molar-refractivity contribution in [2.24, 2.45) is 4.99 Å². The van der Waals surface area contributed by atoms with Crippen LogP contribution in [-0.2, 0) is 4.79 Å². The Balaban J connectivity index is 2.93. The molecule has 0 aliphatic heterocycles. The van der Waals surface area contributed by atoms with Gasteiger partial charge in [0.15, 0.2) is 0 Å². The summed E-state index contributed by atoms with van der Waals surface area (Å²) in [5.41, 5.74) is 3.15. The molecule has 0 bridgehead atoms. The number of benzene rings is 1. The van der Waals surface area contributed by atoms with Gasteiger partial charge in [0.2, 0.25) is 6.08 Å². The van der Waals surface area contributed by atoms with Gasteiger partial charge in [0, 0.05) is 0 Å². The van der Waals surface area contributed by atoms with E-state index in [2.05, 4.69) is 11.6 Å². The second kappa shape index (κ2) is 4.54. The fourth-order valence-electron chi connectivity index (χ4n) is 1.20. The number of carbonyl (C=O) groups excluding carboxylic acids is 1. The highest BCUT2D eigenvalue weighted by molar-refractivity contribution is 5.61. The number of aliphatic imine (C=N–C) groups is 1. The molecule has 1 unspecified atom stereocenters. The van der Waals surface area contributed by atoms with Crippen LogP contribution < -0.4 is 0 Å². The quantitative estimate of drug-likeness (QED) is 0.528. The average Bonchev–Trinajstić information content (AvgIpc) is 2.18. The largest absolute Gasteiger partial charge is 0.235 e. The minimum Gasteiger partial charge on any atom is -0.211 e. The molecule has 72 valence electrons. The van der Waals surface area contributed by atoms with E-state index in [1.807, 2.05) is 38.1 Å². The zero-order chi connectivity index (χ0) is 10.6. The monoisotopic (exact) mass is 187 g/mol. The second-order valence-electron chi connectivity index (χ2n) is 3.30. The zero-order valence-electron chi connectivity index (χ0n) is 8.45. The van der Waals surface area contributed by atoms with Gasteiger partial charge >= 0.3 is 0 Å². The molecule has 2 heteroatoms. The molecule has 0 aliphatic carbocycles. The minimum atomic E-state index is -0.119. The van der Waals surface area contributed by atoms with Crippen molar-refractivity contribution < 1.29 is 4.79 Å². The first kappa shape index (κ1) is 10.4. The van der Waals surface area contributed by atoms with Crippen molar-refractivity contribution in [3.63, 3.8) is 0 Å². The summed E-state index contributed by atoms with van der Waals surface area (Å²) in [5.74, 6) is 0. The van der Waals surface area contributed by atoms with Crippen molar-refractivity contribution in [3.8, 4) is 0 Å².